The third-order valence-corrected chi connectivity index (χ3v) is 3.61. The molecule has 2 aromatic carbocycles. The van der Waals surface area contributed by atoms with Crippen LogP contribution < -0.4 is 10.6 Å². The van der Waals surface area contributed by atoms with E-state index in [1.165, 1.54) is 12.1 Å². The molecule has 0 saturated carbocycles. The summed E-state index contributed by atoms with van der Waals surface area (Å²) >= 11 is 5.87. The van der Waals surface area contributed by atoms with Crippen molar-refractivity contribution in [3.05, 3.63) is 70.5 Å². The van der Waals surface area contributed by atoms with Gasteiger partial charge in [0.2, 0.25) is 0 Å². The molecule has 22 heavy (non-hydrogen) atoms. The van der Waals surface area contributed by atoms with Crippen molar-refractivity contribution >= 4 is 17.6 Å². The molecule has 0 atom stereocenters. The standard InChI is InChI=1S/C17H18ClFN2O/c1-17(2,13-5-7-14(18)8-6-13)21-16(22)20-11-12-3-9-15(19)10-4-12/h3-10H,11H2,1-2H3,(H2,20,21,22). The van der Waals surface area contributed by atoms with E-state index >= 15 is 0 Å². The number of hydrogen-bond donors (Lipinski definition) is 2. The van der Waals surface area contributed by atoms with Crippen molar-refractivity contribution in [3.8, 4) is 0 Å². The summed E-state index contributed by atoms with van der Waals surface area (Å²) in [4.78, 5) is 12.0. The smallest absolute Gasteiger partial charge is 0.315 e. The van der Waals surface area contributed by atoms with Gasteiger partial charge in [0.1, 0.15) is 5.82 Å². The normalized spacial score (nSPS) is 11.1. The Morgan fingerprint density at radius 1 is 1.09 bits per heavy atom. The lowest BCUT2D eigenvalue weighted by atomic mass is 9.94. The first-order chi connectivity index (χ1) is 10.4. The highest BCUT2D eigenvalue weighted by molar-refractivity contribution is 6.30. The van der Waals surface area contributed by atoms with Gasteiger partial charge in [0, 0.05) is 11.6 Å². The molecule has 116 valence electrons. The van der Waals surface area contributed by atoms with Crippen LogP contribution in [0.4, 0.5) is 9.18 Å². The van der Waals surface area contributed by atoms with Crippen LogP contribution in [0.1, 0.15) is 25.0 Å². The summed E-state index contributed by atoms with van der Waals surface area (Å²) in [5.41, 5.74) is 1.26. The molecule has 0 aromatic heterocycles. The third kappa shape index (κ3) is 4.46. The Kier molecular flexibility index (Phi) is 5.03. The Morgan fingerprint density at radius 2 is 1.68 bits per heavy atom. The maximum absolute atomic E-state index is 12.8. The summed E-state index contributed by atoms with van der Waals surface area (Å²) in [5.74, 6) is -0.294. The molecule has 0 aliphatic rings. The van der Waals surface area contributed by atoms with Gasteiger partial charge in [-0.3, -0.25) is 0 Å². The van der Waals surface area contributed by atoms with Crippen LogP contribution >= 0.6 is 11.6 Å². The van der Waals surface area contributed by atoms with Crippen LogP contribution in [0, 0.1) is 5.82 Å². The Balaban J connectivity index is 1.92. The van der Waals surface area contributed by atoms with Gasteiger partial charge in [0.05, 0.1) is 5.54 Å². The van der Waals surface area contributed by atoms with Gasteiger partial charge >= 0.3 is 6.03 Å². The molecule has 0 radical (unpaired) electrons. The minimum absolute atomic E-state index is 0.288. The summed E-state index contributed by atoms with van der Waals surface area (Å²) in [5, 5.41) is 6.32. The van der Waals surface area contributed by atoms with Gasteiger partial charge in [0.15, 0.2) is 0 Å². The molecule has 5 heteroatoms. The Bertz CT molecular complexity index is 639. The maximum Gasteiger partial charge on any atom is 0.315 e. The van der Waals surface area contributed by atoms with Crippen molar-refractivity contribution in [1.29, 1.82) is 0 Å². The number of rotatable bonds is 4. The quantitative estimate of drug-likeness (QED) is 0.870. The topological polar surface area (TPSA) is 41.1 Å². The van der Waals surface area contributed by atoms with Gasteiger partial charge in [0.25, 0.3) is 0 Å². The molecule has 2 N–H and O–H groups in total. The number of benzene rings is 2. The molecule has 3 nitrogen and oxygen atoms in total. The average Bonchev–Trinajstić information content (AvgIpc) is 2.46. The van der Waals surface area contributed by atoms with Crippen molar-refractivity contribution in [2.45, 2.75) is 25.9 Å². The fraction of sp³-hybridized carbons (Fsp3) is 0.235. The van der Waals surface area contributed by atoms with Gasteiger partial charge in [-0.05, 0) is 49.2 Å². The maximum atomic E-state index is 12.8. The molecule has 2 rings (SSSR count). The molecule has 0 fully saturated rings. The predicted molar refractivity (Wildman–Crippen MR) is 86.2 cm³/mol. The summed E-state index contributed by atoms with van der Waals surface area (Å²) in [7, 11) is 0. The fourth-order valence-electron chi connectivity index (χ4n) is 2.05. The lowest BCUT2D eigenvalue weighted by Crippen LogP contribution is -2.46. The minimum atomic E-state index is -0.530. The van der Waals surface area contributed by atoms with Crippen molar-refractivity contribution in [2.24, 2.45) is 0 Å². The van der Waals surface area contributed by atoms with E-state index in [-0.39, 0.29) is 11.8 Å². The molecule has 2 aromatic rings. The number of urea groups is 1. The average molecular weight is 321 g/mol. The van der Waals surface area contributed by atoms with Gasteiger partial charge < -0.3 is 10.6 Å². The van der Waals surface area contributed by atoms with Crippen LogP contribution in [0.15, 0.2) is 48.5 Å². The Labute approximate surface area is 134 Å². The van der Waals surface area contributed by atoms with Crippen LogP contribution in [0.5, 0.6) is 0 Å². The number of hydrogen-bond acceptors (Lipinski definition) is 1. The molecule has 2 amide bonds. The Hall–Kier alpha value is -2.07. The second-order valence-electron chi connectivity index (χ2n) is 5.57. The summed E-state index contributed by atoms with van der Waals surface area (Å²) in [6.07, 6.45) is 0. The first kappa shape index (κ1) is 16.3. The summed E-state index contributed by atoms with van der Waals surface area (Å²) in [6.45, 7) is 4.16. The zero-order valence-electron chi connectivity index (χ0n) is 12.5. The zero-order chi connectivity index (χ0) is 16.2. The van der Waals surface area contributed by atoms with Crippen LogP contribution in [0.3, 0.4) is 0 Å². The molecule has 0 aliphatic heterocycles. The highest BCUT2D eigenvalue weighted by Gasteiger charge is 2.22. The van der Waals surface area contributed by atoms with E-state index < -0.39 is 5.54 Å². The lowest BCUT2D eigenvalue weighted by molar-refractivity contribution is 0.229. The second kappa shape index (κ2) is 6.79. The van der Waals surface area contributed by atoms with E-state index in [2.05, 4.69) is 10.6 Å². The first-order valence-corrected chi connectivity index (χ1v) is 7.31. The lowest BCUT2D eigenvalue weighted by Gasteiger charge is -2.27. The monoisotopic (exact) mass is 320 g/mol. The van der Waals surface area contributed by atoms with Crippen LogP contribution in [0.2, 0.25) is 5.02 Å². The SMILES string of the molecule is CC(C)(NC(=O)NCc1ccc(F)cc1)c1ccc(Cl)cc1. The van der Waals surface area contributed by atoms with E-state index in [1.54, 1.807) is 24.3 Å². The fourth-order valence-corrected chi connectivity index (χ4v) is 2.18. The highest BCUT2D eigenvalue weighted by Crippen LogP contribution is 2.21. The number of carbonyl (C=O) groups is 1. The van der Waals surface area contributed by atoms with Crippen molar-refractivity contribution in [1.82, 2.24) is 10.6 Å². The van der Waals surface area contributed by atoms with Crippen LogP contribution in [-0.2, 0) is 12.1 Å². The molecular weight excluding hydrogens is 303 g/mol. The number of halogens is 2. The van der Waals surface area contributed by atoms with E-state index in [0.29, 0.717) is 11.6 Å². The highest BCUT2D eigenvalue weighted by atomic mass is 35.5. The molecular formula is C17H18ClFN2O. The van der Waals surface area contributed by atoms with Crippen molar-refractivity contribution in [3.63, 3.8) is 0 Å². The van der Waals surface area contributed by atoms with Crippen LogP contribution in [-0.4, -0.2) is 6.03 Å². The van der Waals surface area contributed by atoms with Gasteiger partial charge in [-0.15, -0.1) is 0 Å². The largest absolute Gasteiger partial charge is 0.334 e. The van der Waals surface area contributed by atoms with Crippen molar-refractivity contribution in [2.75, 3.05) is 0 Å². The summed E-state index contributed by atoms with van der Waals surface area (Å²) in [6, 6.07) is 13.1. The summed E-state index contributed by atoms with van der Waals surface area (Å²) < 4.78 is 12.8. The van der Waals surface area contributed by atoms with E-state index in [0.717, 1.165) is 11.1 Å². The van der Waals surface area contributed by atoms with E-state index in [1.807, 2.05) is 26.0 Å². The second-order valence-corrected chi connectivity index (χ2v) is 6.00. The first-order valence-electron chi connectivity index (χ1n) is 6.93. The van der Waals surface area contributed by atoms with E-state index in [9.17, 15) is 9.18 Å². The number of nitrogens with one attached hydrogen (secondary N) is 2. The van der Waals surface area contributed by atoms with E-state index in [4.69, 9.17) is 11.6 Å². The molecule has 0 bridgehead atoms. The molecule has 0 saturated heterocycles. The third-order valence-electron chi connectivity index (χ3n) is 3.36. The minimum Gasteiger partial charge on any atom is -0.334 e. The zero-order valence-corrected chi connectivity index (χ0v) is 13.2. The predicted octanol–water partition coefficient (Wildman–Crippen LogP) is 4.21. The van der Waals surface area contributed by atoms with Crippen molar-refractivity contribution < 1.29 is 9.18 Å². The van der Waals surface area contributed by atoms with Gasteiger partial charge in [-0.1, -0.05) is 35.9 Å². The molecule has 0 aliphatic carbocycles. The van der Waals surface area contributed by atoms with Gasteiger partial charge in [-0.25, -0.2) is 9.18 Å². The molecule has 0 unspecified atom stereocenters. The molecule has 0 heterocycles. The van der Waals surface area contributed by atoms with Gasteiger partial charge in [-0.2, -0.15) is 0 Å². The van der Waals surface area contributed by atoms with Crippen LogP contribution in [0.25, 0.3) is 0 Å². The number of carbonyl (C=O) groups excluding carboxylic acids is 1. The Morgan fingerprint density at radius 3 is 2.27 bits per heavy atom. The number of amides is 2. The molecule has 0 spiro atoms.